The normalized spacial score (nSPS) is 20.3. The Kier molecular flexibility index (Phi) is 2.85. The van der Waals surface area contributed by atoms with Crippen LogP contribution < -0.4 is 5.53 Å². The fourth-order valence-corrected chi connectivity index (χ4v) is 2.42. The van der Waals surface area contributed by atoms with Crippen molar-refractivity contribution in [2.45, 2.75) is 19.3 Å². The highest BCUT2D eigenvalue weighted by Crippen LogP contribution is 2.21. The Hall–Kier alpha value is -1.72. The van der Waals surface area contributed by atoms with Gasteiger partial charge in [-0.05, 0) is 25.0 Å². The van der Waals surface area contributed by atoms with Crippen molar-refractivity contribution in [3.8, 4) is 0 Å². The lowest BCUT2D eigenvalue weighted by molar-refractivity contribution is 0.0161. The maximum atomic E-state index is 12.1. The third kappa shape index (κ3) is 1.81. The van der Waals surface area contributed by atoms with Crippen LogP contribution in [-0.4, -0.2) is 34.9 Å². The molecular weight excluding hydrogens is 230 g/mol. The topological polar surface area (TPSA) is 52.7 Å². The molecule has 0 bridgehead atoms. The molecule has 1 aromatic rings. The fraction of sp³-hybridized carbons (Fsp3) is 0.385. The molecule has 0 aliphatic carbocycles. The minimum atomic E-state index is -0.263. The lowest BCUT2D eigenvalue weighted by Gasteiger charge is -2.30. The Bertz CT molecular complexity index is 460. The fourth-order valence-electron chi connectivity index (χ4n) is 2.42. The summed E-state index contributed by atoms with van der Waals surface area (Å²) in [5, 5.41) is 3.06. The summed E-state index contributed by atoms with van der Waals surface area (Å²) in [6.07, 6.45) is 3.40. The van der Waals surface area contributed by atoms with Crippen molar-refractivity contribution in [1.82, 2.24) is 15.6 Å². The van der Waals surface area contributed by atoms with Crippen LogP contribution in [-0.2, 0) is 0 Å². The number of amides is 2. The summed E-state index contributed by atoms with van der Waals surface area (Å²) in [7, 11) is 0. The smallest absolute Gasteiger partial charge is 0.267 e. The highest BCUT2D eigenvalue weighted by molar-refractivity contribution is 6.20. The maximum absolute atomic E-state index is 12.1. The number of hydrogen-bond acceptors (Lipinski definition) is 4. The number of carbonyl (C=O) groups is 2. The van der Waals surface area contributed by atoms with Crippen LogP contribution in [0.25, 0.3) is 0 Å². The van der Waals surface area contributed by atoms with Crippen molar-refractivity contribution in [3.63, 3.8) is 0 Å². The average molecular weight is 245 g/mol. The summed E-state index contributed by atoms with van der Waals surface area (Å²) >= 11 is 0. The van der Waals surface area contributed by atoms with Crippen LogP contribution in [0.15, 0.2) is 24.3 Å². The summed E-state index contributed by atoms with van der Waals surface area (Å²) < 4.78 is 0. The van der Waals surface area contributed by atoms with E-state index in [0.29, 0.717) is 11.1 Å². The molecule has 5 heteroatoms. The van der Waals surface area contributed by atoms with Gasteiger partial charge in [-0.1, -0.05) is 18.6 Å². The number of fused-ring (bicyclic) bond motifs is 1. The van der Waals surface area contributed by atoms with Crippen LogP contribution >= 0.6 is 0 Å². The molecule has 0 saturated carbocycles. The predicted octanol–water partition coefficient (Wildman–Crippen LogP) is 1.19. The van der Waals surface area contributed by atoms with Gasteiger partial charge in [-0.15, -0.1) is 0 Å². The number of carbonyl (C=O) groups excluding carboxylic acids is 2. The van der Waals surface area contributed by atoms with Gasteiger partial charge in [0.15, 0.2) is 0 Å². The van der Waals surface area contributed by atoms with Crippen molar-refractivity contribution in [1.29, 1.82) is 0 Å². The zero-order chi connectivity index (χ0) is 12.5. The summed E-state index contributed by atoms with van der Waals surface area (Å²) in [6, 6.07) is 6.92. The Morgan fingerprint density at radius 2 is 1.44 bits per heavy atom. The summed E-state index contributed by atoms with van der Waals surface area (Å²) in [6.45, 7) is 1.74. The minimum Gasteiger partial charge on any atom is -0.267 e. The van der Waals surface area contributed by atoms with Crippen LogP contribution in [0.2, 0.25) is 0 Å². The van der Waals surface area contributed by atoms with E-state index in [4.69, 9.17) is 0 Å². The average Bonchev–Trinajstić information content (AvgIpc) is 2.66. The number of nitrogens with one attached hydrogen (secondary N) is 1. The largest absolute Gasteiger partial charge is 0.277 e. The number of rotatable bonds is 2. The first-order chi connectivity index (χ1) is 8.77. The SMILES string of the molecule is O=C1c2ccccc2C(=O)N1NN1CCCCC1. The molecule has 1 aromatic carbocycles. The second-order valence-electron chi connectivity index (χ2n) is 4.64. The van der Waals surface area contributed by atoms with Gasteiger partial charge in [0, 0.05) is 13.1 Å². The molecule has 0 radical (unpaired) electrons. The lowest BCUT2D eigenvalue weighted by atomic mass is 10.1. The third-order valence-electron chi connectivity index (χ3n) is 3.39. The van der Waals surface area contributed by atoms with Crippen LogP contribution in [0.5, 0.6) is 0 Å². The molecule has 0 atom stereocenters. The van der Waals surface area contributed by atoms with E-state index in [0.717, 1.165) is 30.9 Å². The van der Waals surface area contributed by atoms with E-state index >= 15 is 0 Å². The summed E-state index contributed by atoms with van der Waals surface area (Å²) in [5.41, 5.74) is 3.89. The van der Waals surface area contributed by atoms with Gasteiger partial charge in [0.25, 0.3) is 11.8 Å². The van der Waals surface area contributed by atoms with Crippen molar-refractivity contribution in [3.05, 3.63) is 35.4 Å². The van der Waals surface area contributed by atoms with Gasteiger partial charge in [0.2, 0.25) is 0 Å². The van der Waals surface area contributed by atoms with Gasteiger partial charge in [-0.3, -0.25) is 9.59 Å². The molecule has 0 spiro atoms. The second kappa shape index (κ2) is 4.51. The maximum Gasteiger partial charge on any atom is 0.277 e. The standard InChI is InChI=1S/C13H15N3O2/c17-12-10-6-2-3-7-11(10)13(18)16(12)14-15-8-4-1-5-9-15/h2-3,6-7,14H,1,4-5,8-9H2. The van der Waals surface area contributed by atoms with Gasteiger partial charge >= 0.3 is 0 Å². The molecule has 2 heterocycles. The quantitative estimate of drug-likeness (QED) is 0.795. The molecule has 2 amide bonds. The van der Waals surface area contributed by atoms with E-state index in [-0.39, 0.29) is 11.8 Å². The van der Waals surface area contributed by atoms with Crippen LogP contribution in [0.4, 0.5) is 0 Å². The van der Waals surface area contributed by atoms with Crippen LogP contribution in [0.1, 0.15) is 40.0 Å². The highest BCUT2D eigenvalue weighted by Gasteiger charge is 2.36. The molecule has 2 aliphatic rings. The molecule has 3 rings (SSSR count). The van der Waals surface area contributed by atoms with Gasteiger partial charge in [0.1, 0.15) is 0 Å². The highest BCUT2D eigenvalue weighted by atomic mass is 16.2. The van der Waals surface area contributed by atoms with Gasteiger partial charge < -0.3 is 0 Å². The molecule has 1 saturated heterocycles. The van der Waals surface area contributed by atoms with E-state index in [1.54, 1.807) is 24.3 Å². The Morgan fingerprint density at radius 3 is 2.00 bits per heavy atom. The number of nitrogens with zero attached hydrogens (tertiary/aromatic N) is 2. The number of benzene rings is 1. The van der Waals surface area contributed by atoms with E-state index in [1.807, 2.05) is 5.01 Å². The summed E-state index contributed by atoms with van der Waals surface area (Å²) in [4.78, 5) is 24.2. The van der Waals surface area contributed by atoms with Crippen molar-refractivity contribution >= 4 is 11.8 Å². The van der Waals surface area contributed by atoms with Crippen molar-refractivity contribution in [2.24, 2.45) is 0 Å². The van der Waals surface area contributed by atoms with Gasteiger partial charge in [-0.2, -0.15) is 10.5 Å². The second-order valence-corrected chi connectivity index (χ2v) is 4.64. The predicted molar refractivity (Wildman–Crippen MR) is 65.5 cm³/mol. The number of imide groups is 1. The van der Waals surface area contributed by atoms with Crippen molar-refractivity contribution < 1.29 is 9.59 Å². The number of piperidine rings is 1. The van der Waals surface area contributed by atoms with Gasteiger partial charge in [-0.25, -0.2) is 5.01 Å². The zero-order valence-corrected chi connectivity index (χ0v) is 10.1. The van der Waals surface area contributed by atoms with E-state index < -0.39 is 0 Å². The first-order valence-corrected chi connectivity index (χ1v) is 6.26. The Balaban J connectivity index is 1.79. The van der Waals surface area contributed by atoms with Crippen LogP contribution in [0.3, 0.4) is 0 Å². The van der Waals surface area contributed by atoms with E-state index in [9.17, 15) is 9.59 Å². The number of hydrazine groups is 2. The minimum absolute atomic E-state index is 0.263. The van der Waals surface area contributed by atoms with Crippen LogP contribution in [0, 0.1) is 0 Å². The zero-order valence-electron chi connectivity index (χ0n) is 10.1. The first-order valence-electron chi connectivity index (χ1n) is 6.26. The molecule has 94 valence electrons. The molecule has 0 unspecified atom stereocenters. The molecule has 18 heavy (non-hydrogen) atoms. The molecule has 0 aromatic heterocycles. The number of hydrogen-bond donors (Lipinski definition) is 1. The van der Waals surface area contributed by atoms with E-state index in [1.165, 1.54) is 6.42 Å². The molecular formula is C13H15N3O2. The Morgan fingerprint density at radius 1 is 0.889 bits per heavy atom. The monoisotopic (exact) mass is 245 g/mol. The van der Waals surface area contributed by atoms with Crippen molar-refractivity contribution in [2.75, 3.05) is 13.1 Å². The molecule has 5 nitrogen and oxygen atoms in total. The van der Waals surface area contributed by atoms with E-state index in [2.05, 4.69) is 5.53 Å². The molecule has 2 aliphatic heterocycles. The molecule has 1 N–H and O–H groups in total. The molecule has 1 fully saturated rings. The summed E-state index contributed by atoms with van der Waals surface area (Å²) in [5.74, 6) is -0.526. The first kappa shape index (κ1) is 11.4. The van der Waals surface area contributed by atoms with Gasteiger partial charge in [0.05, 0.1) is 11.1 Å². The third-order valence-corrected chi connectivity index (χ3v) is 3.39. The Labute approximate surface area is 105 Å². The lowest BCUT2D eigenvalue weighted by Crippen LogP contribution is -2.53.